The third kappa shape index (κ3) is 59.9. The summed E-state index contributed by atoms with van der Waals surface area (Å²) in [5.41, 5.74) is 0. The Morgan fingerprint density at radius 3 is 0.836 bits per heavy atom. The van der Waals surface area contributed by atoms with Gasteiger partial charge in [0.15, 0.2) is 6.10 Å². The van der Waals surface area contributed by atoms with Crippen LogP contribution in [0, 0.1) is 0 Å². The molecule has 0 heterocycles. The van der Waals surface area contributed by atoms with Crippen LogP contribution in [-0.4, -0.2) is 37.2 Å². The molecule has 6 heteroatoms. The second kappa shape index (κ2) is 61.7. The predicted octanol–water partition coefficient (Wildman–Crippen LogP) is 21.6. The molecule has 0 rings (SSSR count). The highest BCUT2D eigenvalue weighted by Crippen LogP contribution is 2.17. The number of carbonyl (C=O) groups is 3. The van der Waals surface area contributed by atoms with Crippen molar-refractivity contribution >= 4 is 17.9 Å². The minimum absolute atomic E-state index is 0.0801. The maximum Gasteiger partial charge on any atom is 0.306 e. The van der Waals surface area contributed by atoms with Crippen LogP contribution in [0.5, 0.6) is 0 Å². The second-order valence-electron chi connectivity index (χ2n) is 21.3. The fourth-order valence-corrected chi connectivity index (χ4v) is 9.30. The lowest BCUT2D eigenvalue weighted by molar-refractivity contribution is -0.167. The molecule has 0 fully saturated rings. The van der Waals surface area contributed by atoms with E-state index >= 15 is 0 Å². The summed E-state index contributed by atoms with van der Waals surface area (Å²) >= 11 is 0. The zero-order valence-electron chi connectivity index (χ0n) is 48.7. The molecule has 0 radical (unpaired) electrons. The maximum atomic E-state index is 12.9. The van der Waals surface area contributed by atoms with E-state index in [1.165, 1.54) is 193 Å². The smallest absolute Gasteiger partial charge is 0.306 e. The van der Waals surface area contributed by atoms with Gasteiger partial charge in [0.2, 0.25) is 0 Å². The van der Waals surface area contributed by atoms with Gasteiger partial charge in [-0.2, -0.15) is 0 Å². The van der Waals surface area contributed by atoms with Gasteiger partial charge in [0.05, 0.1) is 0 Å². The molecule has 0 saturated heterocycles. The second-order valence-corrected chi connectivity index (χ2v) is 21.3. The molecule has 0 unspecified atom stereocenters. The van der Waals surface area contributed by atoms with Gasteiger partial charge < -0.3 is 14.2 Å². The Morgan fingerprint density at radius 1 is 0.288 bits per heavy atom. The summed E-state index contributed by atoms with van der Waals surface area (Å²) in [5, 5.41) is 0. The number of hydrogen-bond donors (Lipinski definition) is 0. The lowest BCUT2D eigenvalue weighted by Gasteiger charge is -2.18. The van der Waals surface area contributed by atoms with Crippen molar-refractivity contribution < 1.29 is 28.6 Å². The van der Waals surface area contributed by atoms with Crippen molar-refractivity contribution in [3.05, 3.63) is 60.8 Å². The number of allylic oxidation sites excluding steroid dienone is 10. The summed E-state index contributed by atoms with van der Waals surface area (Å²) in [7, 11) is 0. The monoisotopic (exact) mass is 1020 g/mol. The van der Waals surface area contributed by atoms with E-state index in [9.17, 15) is 14.4 Å². The first kappa shape index (κ1) is 70.1. The predicted molar refractivity (Wildman–Crippen MR) is 316 cm³/mol. The Balaban J connectivity index is 4.39. The summed E-state index contributed by atoms with van der Waals surface area (Å²) in [5.74, 6) is -0.892. The van der Waals surface area contributed by atoms with E-state index in [0.29, 0.717) is 19.3 Å². The maximum absolute atomic E-state index is 12.9. The third-order valence-electron chi connectivity index (χ3n) is 14.0. The molecule has 0 N–H and O–H groups in total. The highest BCUT2D eigenvalue weighted by molar-refractivity contribution is 5.71. The van der Waals surface area contributed by atoms with E-state index < -0.39 is 6.10 Å². The van der Waals surface area contributed by atoms with Crippen molar-refractivity contribution in [1.29, 1.82) is 0 Å². The van der Waals surface area contributed by atoms with Gasteiger partial charge in [0.25, 0.3) is 0 Å². The van der Waals surface area contributed by atoms with Gasteiger partial charge in [0, 0.05) is 19.3 Å². The van der Waals surface area contributed by atoms with Crippen LogP contribution in [-0.2, 0) is 28.6 Å². The van der Waals surface area contributed by atoms with E-state index in [-0.39, 0.29) is 31.1 Å². The molecule has 1 atom stereocenters. The molecule has 0 aromatic rings. The molecule has 0 aliphatic rings. The van der Waals surface area contributed by atoms with Crippen molar-refractivity contribution in [3.8, 4) is 0 Å². The Hall–Kier alpha value is -2.89. The summed E-state index contributed by atoms with van der Waals surface area (Å²) in [6.07, 6.45) is 77.9. The highest BCUT2D eigenvalue weighted by Gasteiger charge is 2.19. The van der Waals surface area contributed by atoms with Gasteiger partial charge >= 0.3 is 17.9 Å². The molecule has 0 aromatic carbocycles. The Morgan fingerprint density at radius 2 is 0.534 bits per heavy atom. The Labute approximate surface area is 453 Å². The average molecular weight is 1020 g/mol. The molecule has 0 aliphatic heterocycles. The Kier molecular flexibility index (Phi) is 59.2. The lowest BCUT2D eigenvalue weighted by Crippen LogP contribution is -2.30. The van der Waals surface area contributed by atoms with E-state index in [1.54, 1.807) is 0 Å². The number of carbonyl (C=O) groups excluding carboxylic acids is 3. The molecule has 73 heavy (non-hydrogen) atoms. The molecular formula is C67H120O6. The van der Waals surface area contributed by atoms with Crippen molar-refractivity contribution in [2.75, 3.05) is 13.2 Å². The summed E-state index contributed by atoms with van der Waals surface area (Å²) < 4.78 is 16.9. The molecule has 6 nitrogen and oxygen atoms in total. The number of rotatable bonds is 58. The van der Waals surface area contributed by atoms with Crippen LogP contribution in [0.3, 0.4) is 0 Å². The van der Waals surface area contributed by atoms with Crippen LogP contribution in [0.15, 0.2) is 60.8 Å². The minimum atomic E-state index is -0.786. The molecule has 0 saturated carbocycles. The normalized spacial score (nSPS) is 12.4. The Bertz CT molecular complexity index is 1310. The van der Waals surface area contributed by atoms with Gasteiger partial charge in [-0.3, -0.25) is 14.4 Å². The molecule has 0 bridgehead atoms. The van der Waals surface area contributed by atoms with E-state index in [1.807, 2.05) is 0 Å². The summed E-state index contributed by atoms with van der Waals surface area (Å²) in [6.45, 7) is 6.56. The zero-order chi connectivity index (χ0) is 52.9. The molecule has 424 valence electrons. The quantitative estimate of drug-likeness (QED) is 0.0261. The topological polar surface area (TPSA) is 78.9 Å². The summed E-state index contributed by atoms with van der Waals surface area (Å²) in [4.78, 5) is 38.3. The van der Waals surface area contributed by atoms with Crippen LogP contribution in [0.25, 0.3) is 0 Å². The highest BCUT2D eigenvalue weighted by atomic mass is 16.6. The number of hydrogen-bond acceptors (Lipinski definition) is 6. The fraction of sp³-hybridized carbons (Fsp3) is 0.806. The molecule has 0 aromatic heterocycles. The van der Waals surface area contributed by atoms with Crippen LogP contribution in [0.2, 0.25) is 0 Å². The van der Waals surface area contributed by atoms with E-state index in [4.69, 9.17) is 14.2 Å². The summed E-state index contributed by atoms with van der Waals surface area (Å²) in [6, 6.07) is 0. The van der Waals surface area contributed by atoms with E-state index in [2.05, 4.69) is 81.5 Å². The van der Waals surface area contributed by atoms with Crippen LogP contribution in [0.1, 0.15) is 329 Å². The first-order valence-electron chi connectivity index (χ1n) is 31.8. The van der Waals surface area contributed by atoms with Crippen molar-refractivity contribution in [2.24, 2.45) is 0 Å². The van der Waals surface area contributed by atoms with Crippen LogP contribution >= 0.6 is 0 Å². The zero-order valence-corrected chi connectivity index (χ0v) is 48.7. The minimum Gasteiger partial charge on any atom is -0.462 e. The lowest BCUT2D eigenvalue weighted by atomic mass is 10.0. The largest absolute Gasteiger partial charge is 0.462 e. The average Bonchev–Trinajstić information content (AvgIpc) is 3.39. The molecular weight excluding hydrogens is 901 g/mol. The number of unbranched alkanes of at least 4 members (excludes halogenated alkanes) is 37. The van der Waals surface area contributed by atoms with Crippen LogP contribution < -0.4 is 0 Å². The van der Waals surface area contributed by atoms with E-state index in [0.717, 1.165) is 96.3 Å². The van der Waals surface area contributed by atoms with Gasteiger partial charge in [-0.15, -0.1) is 0 Å². The van der Waals surface area contributed by atoms with Crippen molar-refractivity contribution in [3.63, 3.8) is 0 Å². The molecule has 0 aliphatic carbocycles. The van der Waals surface area contributed by atoms with Gasteiger partial charge in [-0.05, 0) is 64.2 Å². The first-order chi connectivity index (χ1) is 36.0. The van der Waals surface area contributed by atoms with Gasteiger partial charge in [-0.25, -0.2) is 0 Å². The molecule has 0 amide bonds. The third-order valence-corrected chi connectivity index (χ3v) is 14.0. The first-order valence-corrected chi connectivity index (χ1v) is 31.8. The molecule has 0 spiro atoms. The number of ether oxygens (including phenoxy) is 3. The fourth-order valence-electron chi connectivity index (χ4n) is 9.30. The number of esters is 3. The SMILES string of the molecule is CC/C=C/C/C=C/C/C=C/C/C=C/C/C=C/CCCCCC(=O)OC[C@@H](COC(=O)CCCCCCCCCCCCCCCCCCC)OC(=O)CCCCCCCCCCCCCCCCCCCCC. The van der Waals surface area contributed by atoms with Crippen molar-refractivity contribution in [2.45, 2.75) is 335 Å². The van der Waals surface area contributed by atoms with Gasteiger partial charge in [-0.1, -0.05) is 306 Å². The van der Waals surface area contributed by atoms with Crippen LogP contribution in [0.4, 0.5) is 0 Å². The standard InChI is InChI=1S/C67H120O6/c1-4-7-10-13-16-19-22-25-28-31-33-36-39-42-45-48-51-54-57-60-66(69)72-63-64(62-71-65(68)59-56-53-50-47-44-41-38-35-30-27-24-21-18-15-12-9-6-3)73-67(70)61-58-55-52-49-46-43-40-37-34-32-29-26-23-20-17-14-11-8-5-2/h7,10,16,19,25,28,33,36,42,45,64H,4-6,8-9,11-15,17-18,20-24,26-27,29-32,34-35,37-41,43-44,46-63H2,1-3H3/b10-7+,19-16+,28-25+,36-33+,45-42+/t64-/m1/s1. The van der Waals surface area contributed by atoms with Crippen molar-refractivity contribution in [1.82, 2.24) is 0 Å². The van der Waals surface area contributed by atoms with Gasteiger partial charge in [0.1, 0.15) is 13.2 Å².